The molecule has 2 atom stereocenters. The van der Waals surface area contributed by atoms with Crippen molar-refractivity contribution in [2.75, 3.05) is 6.54 Å². The molecule has 0 radical (unpaired) electrons. The Balaban J connectivity index is 1.77. The number of nitrogens with one attached hydrogen (secondary N) is 1. The van der Waals surface area contributed by atoms with Crippen molar-refractivity contribution < 1.29 is 5.11 Å². The van der Waals surface area contributed by atoms with Crippen molar-refractivity contribution in [1.82, 2.24) is 10.3 Å². The number of hydrogen-bond acceptors (Lipinski definition) is 4. The number of aliphatic hydroxyl groups is 1. The highest BCUT2D eigenvalue weighted by molar-refractivity contribution is 7.15. The molecule has 1 heterocycles. The summed E-state index contributed by atoms with van der Waals surface area (Å²) in [6, 6.07) is 0. The average molecular weight is 275 g/mol. The van der Waals surface area contributed by atoms with Crippen molar-refractivity contribution in [2.45, 2.75) is 44.8 Å². The lowest BCUT2D eigenvalue weighted by Gasteiger charge is -2.35. The van der Waals surface area contributed by atoms with Crippen LogP contribution in [-0.2, 0) is 6.54 Å². The lowest BCUT2D eigenvalue weighted by atomic mass is 9.79. The molecule has 1 saturated carbocycles. The first-order chi connectivity index (χ1) is 8.07. The molecular weight excluding hydrogens is 256 g/mol. The summed E-state index contributed by atoms with van der Waals surface area (Å²) in [5.74, 6) is 0.629. The van der Waals surface area contributed by atoms with Gasteiger partial charge in [-0.3, -0.25) is 0 Å². The normalized spacial score (nSPS) is 29.5. The van der Waals surface area contributed by atoms with Crippen LogP contribution >= 0.6 is 22.9 Å². The zero-order valence-electron chi connectivity index (χ0n) is 10.1. The topological polar surface area (TPSA) is 45.1 Å². The van der Waals surface area contributed by atoms with Crippen molar-refractivity contribution in [2.24, 2.45) is 5.92 Å². The number of halogens is 1. The summed E-state index contributed by atoms with van der Waals surface area (Å²) in [4.78, 5) is 4.18. The van der Waals surface area contributed by atoms with Crippen LogP contribution in [-0.4, -0.2) is 22.2 Å². The Morgan fingerprint density at radius 3 is 3.18 bits per heavy atom. The largest absolute Gasteiger partial charge is 0.389 e. The quantitative estimate of drug-likeness (QED) is 0.887. The third-order valence-corrected chi connectivity index (χ3v) is 4.44. The van der Waals surface area contributed by atoms with Crippen molar-refractivity contribution in [3.05, 3.63) is 15.5 Å². The molecule has 2 rings (SSSR count). The van der Waals surface area contributed by atoms with Crippen LogP contribution < -0.4 is 5.32 Å². The Bertz CT molecular complexity index is 371. The highest BCUT2D eigenvalue weighted by Gasteiger charge is 2.31. The van der Waals surface area contributed by atoms with Gasteiger partial charge in [-0.05, 0) is 18.8 Å². The Kier molecular flexibility index (Phi) is 4.42. The van der Waals surface area contributed by atoms with E-state index in [1.807, 2.05) is 0 Å². The predicted molar refractivity (Wildman–Crippen MR) is 71.4 cm³/mol. The summed E-state index contributed by atoms with van der Waals surface area (Å²) in [5, 5.41) is 14.7. The van der Waals surface area contributed by atoms with Gasteiger partial charge in [0.25, 0.3) is 0 Å². The van der Waals surface area contributed by atoms with Gasteiger partial charge >= 0.3 is 0 Å². The van der Waals surface area contributed by atoms with E-state index in [-0.39, 0.29) is 0 Å². The van der Waals surface area contributed by atoms with Gasteiger partial charge in [-0.2, -0.15) is 0 Å². The van der Waals surface area contributed by atoms with Gasteiger partial charge in [0.15, 0.2) is 0 Å². The van der Waals surface area contributed by atoms with Crippen LogP contribution in [0, 0.1) is 5.92 Å². The summed E-state index contributed by atoms with van der Waals surface area (Å²) in [5.41, 5.74) is -0.529. The monoisotopic (exact) mass is 274 g/mol. The molecule has 1 aromatic heterocycles. The summed E-state index contributed by atoms with van der Waals surface area (Å²) in [7, 11) is 0. The van der Waals surface area contributed by atoms with Crippen LogP contribution in [0.5, 0.6) is 0 Å². The second kappa shape index (κ2) is 5.65. The second-order valence-electron chi connectivity index (χ2n) is 5.09. The fourth-order valence-electron chi connectivity index (χ4n) is 2.56. The summed E-state index contributed by atoms with van der Waals surface area (Å²) in [6.45, 7) is 3.55. The zero-order valence-corrected chi connectivity index (χ0v) is 11.7. The molecule has 1 aromatic rings. The minimum atomic E-state index is -0.529. The molecular formula is C12H19ClN2OS. The van der Waals surface area contributed by atoms with Crippen LogP contribution in [0.4, 0.5) is 0 Å². The maximum Gasteiger partial charge on any atom is 0.113 e. The Morgan fingerprint density at radius 1 is 1.71 bits per heavy atom. The van der Waals surface area contributed by atoms with Gasteiger partial charge in [-0.1, -0.05) is 31.4 Å². The van der Waals surface area contributed by atoms with Gasteiger partial charge in [0, 0.05) is 13.1 Å². The molecule has 0 spiro atoms. The molecule has 0 aromatic carbocycles. The van der Waals surface area contributed by atoms with Crippen LogP contribution in [0.3, 0.4) is 0 Å². The van der Waals surface area contributed by atoms with E-state index in [1.54, 1.807) is 6.20 Å². The van der Waals surface area contributed by atoms with Crippen molar-refractivity contribution >= 4 is 22.9 Å². The fourth-order valence-corrected chi connectivity index (χ4v) is 3.49. The van der Waals surface area contributed by atoms with Gasteiger partial charge in [0.2, 0.25) is 0 Å². The Hall–Kier alpha value is -0.160. The molecule has 1 aliphatic rings. The molecule has 0 saturated heterocycles. The van der Waals surface area contributed by atoms with Gasteiger partial charge in [0.05, 0.1) is 11.8 Å². The molecule has 1 fully saturated rings. The standard InChI is InChI=1S/C12H19ClN2OS/c1-9-3-2-4-12(16,5-9)8-14-7-11-15-6-10(13)17-11/h6,9,14,16H,2-5,7-8H2,1H3. The third-order valence-electron chi connectivity index (χ3n) is 3.32. The first kappa shape index (κ1) is 13.3. The summed E-state index contributed by atoms with van der Waals surface area (Å²) >= 11 is 7.30. The van der Waals surface area contributed by atoms with Crippen LogP contribution in [0.1, 0.15) is 37.6 Å². The number of thiazole rings is 1. The van der Waals surface area contributed by atoms with Gasteiger partial charge < -0.3 is 10.4 Å². The lowest BCUT2D eigenvalue weighted by molar-refractivity contribution is -0.0119. The van der Waals surface area contributed by atoms with E-state index in [1.165, 1.54) is 17.8 Å². The van der Waals surface area contributed by atoms with Crippen LogP contribution in [0.25, 0.3) is 0 Å². The minimum Gasteiger partial charge on any atom is -0.389 e. The van der Waals surface area contributed by atoms with E-state index in [4.69, 9.17) is 11.6 Å². The maximum atomic E-state index is 10.4. The number of hydrogen-bond donors (Lipinski definition) is 2. The zero-order chi connectivity index (χ0) is 12.3. The molecule has 0 amide bonds. The van der Waals surface area contributed by atoms with E-state index < -0.39 is 5.60 Å². The maximum absolute atomic E-state index is 10.4. The minimum absolute atomic E-state index is 0.529. The number of rotatable bonds is 4. The van der Waals surface area contributed by atoms with E-state index in [9.17, 15) is 5.11 Å². The first-order valence-electron chi connectivity index (χ1n) is 6.11. The molecule has 17 heavy (non-hydrogen) atoms. The summed E-state index contributed by atoms with van der Waals surface area (Å²) in [6.07, 6.45) is 5.84. The fraction of sp³-hybridized carbons (Fsp3) is 0.750. The molecule has 96 valence electrons. The Labute approximate surface area is 111 Å². The van der Waals surface area contributed by atoms with Crippen molar-refractivity contribution in [1.29, 1.82) is 0 Å². The molecule has 1 aliphatic carbocycles. The highest BCUT2D eigenvalue weighted by Crippen LogP contribution is 2.31. The van der Waals surface area contributed by atoms with E-state index in [0.29, 0.717) is 23.3 Å². The highest BCUT2D eigenvalue weighted by atomic mass is 35.5. The Morgan fingerprint density at radius 2 is 2.53 bits per heavy atom. The molecule has 0 bridgehead atoms. The first-order valence-corrected chi connectivity index (χ1v) is 7.30. The molecule has 3 nitrogen and oxygen atoms in total. The van der Waals surface area contributed by atoms with E-state index in [0.717, 1.165) is 24.3 Å². The second-order valence-corrected chi connectivity index (χ2v) is 6.83. The van der Waals surface area contributed by atoms with Gasteiger partial charge in [0.1, 0.15) is 9.34 Å². The van der Waals surface area contributed by atoms with Crippen molar-refractivity contribution in [3.63, 3.8) is 0 Å². The molecule has 2 unspecified atom stereocenters. The predicted octanol–water partition coefficient (Wildman–Crippen LogP) is 2.83. The molecule has 0 aliphatic heterocycles. The molecule has 2 N–H and O–H groups in total. The molecule has 5 heteroatoms. The van der Waals surface area contributed by atoms with Crippen molar-refractivity contribution in [3.8, 4) is 0 Å². The lowest BCUT2D eigenvalue weighted by Crippen LogP contribution is -2.43. The van der Waals surface area contributed by atoms with E-state index >= 15 is 0 Å². The number of nitrogens with zero attached hydrogens (tertiary/aromatic N) is 1. The van der Waals surface area contributed by atoms with Gasteiger partial charge in [-0.15, -0.1) is 11.3 Å². The van der Waals surface area contributed by atoms with Gasteiger partial charge in [-0.25, -0.2) is 4.98 Å². The average Bonchev–Trinajstić information content (AvgIpc) is 2.63. The smallest absolute Gasteiger partial charge is 0.113 e. The third kappa shape index (κ3) is 3.91. The van der Waals surface area contributed by atoms with Crippen LogP contribution in [0.2, 0.25) is 4.34 Å². The SMILES string of the molecule is CC1CCCC(O)(CNCc2ncc(Cl)s2)C1. The van der Waals surface area contributed by atoms with E-state index in [2.05, 4.69) is 17.2 Å². The van der Waals surface area contributed by atoms with Crippen LogP contribution in [0.15, 0.2) is 6.20 Å². The summed E-state index contributed by atoms with van der Waals surface area (Å²) < 4.78 is 0.715. The number of aromatic nitrogens is 1.